The zero-order valence-electron chi connectivity index (χ0n) is 16.3. The Bertz CT molecular complexity index is 654. The average molecular weight is 476 g/mol. The van der Waals surface area contributed by atoms with E-state index >= 15 is 0 Å². The molecule has 14 atom stereocenters. The van der Waals surface area contributed by atoms with Crippen LogP contribution in [-0.2, 0) is 18.9 Å². The van der Waals surface area contributed by atoms with Crippen LogP contribution in [0.1, 0.15) is 0 Å². The number of rotatable bonds is 4. The minimum absolute atomic E-state index is 0.826. The van der Waals surface area contributed by atoms with Crippen molar-refractivity contribution in [1.29, 1.82) is 0 Å². The molecule has 0 aromatic rings. The largest absolute Gasteiger partial charge is 0.393 e. The van der Waals surface area contributed by atoms with Crippen molar-refractivity contribution in [2.45, 2.75) is 85.2 Å². The molecule has 0 saturated carbocycles. The van der Waals surface area contributed by atoms with Gasteiger partial charge in [-0.3, -0.25) is 0 Å². The lowest BCUT2D eigenvalue weighted by atomic mass is 9.75. The normalized spacial score (nSPS) is 57.4. The number of ether oxygens (including phenoxy) is 4. The quantitative estimate of drug-likeness (QED) is 0.179. The van der Waals surface area contributed by atoms with Gasteiger partial charge in [-0.1, -0.05) is 0 Å². The van der Waals surface area contributed by atoms with Crippen molar-refractivity contribution in [1.82, 2.24) is 0 Å². The molecule has 32 heavy (non-hydrogen) atoms. The molecule has 3 heterocycles. The highest BCUT2D eigenvalue weighted by Gasteiger charge is 2.71. The van der Waals surface area contributed by atoms with Crippen molar-refractivity contribution >= 4 is 0 Å². The second kappa shape index (κ2) is 9.19. The summed E-state index contributed by atoms with van der Waals surface area (Å²) in [4.78, 5) is 0. The molecule has 12 N–H and O–H groups in total. The zero-order valence-corrected chi connectivity index (χ0v) is 16.3. The fourth-order valence-electron chi connectivity index (χ4n) is 3.99. The first-order valence-corrected chi connectivity index (χ1v) is 9.59. The van der Waals surface area contributed by atoms with Crippen molar-refractivity contribution in [3.8, 4) is 0 Å². The summed E-state index contributed by atoms with van der Waals surface area (Å²) in [7, 11) is 0. The molecule has 0 bridgehead atoms. The third-order valence-electron chi connectivity index (χ3n) is 6.00. The highest BCUT2D eigenvalue weighted by Crippen LogP contribution is 2.45. The lowest BCUT2D eigenvalue weighted by Gasteiger charge is -2.58. The van der Waals surface area contributed by atoms with E-state index in [4.69, 9.17) is 18.9 Å². The molecule has 3 saturated heterocycles. The van der Waals surface area contributed by atoms with E-state index in [1.807, 2.05) is 0 Å². The van der Waals surface area contributed by atoms with Gasteiger partial charge in [0.2, 0.25) is 5.79 Å². The van der Waals surface area contributed by atoms with Crippen molar-refractivity contribution in [2.75, 3.05) is 13.2 Å². The van der Waals surface area contributed by atoms with Gasteiger partial charge in [0, 0.05) is 0 Å². The van der Waals surface area contributed by atoms with E-state index in [1.165, 1.54) is 0 Å². The Balaban J connectivity index is 2.02. The maximum atomic E-state index is 11.1. The molecule has 16 nitrogen and oxygen atoms in total. The van der Waals surface area contributed by atoms with Crippen LogP contribution in [0.25, 0.3) is 0 Å². The van der Waals surface area contributed by atoms with Crippen LogP contribution in [-0.4, -0.2) is 160 Å². The Kier molecular flexibility index (Phi) is 7.46. The number of aliphatic hydroxyl groups excluding tert-OH is 11. The zero-order chi connectivity index (χ0) is 24.2. The Morgan fingerprint density at radius 1 is 0.750 bits per heavy atom. The molecule has 16 heteroatoms. The van der Waals surface area contributed by atoms with Crippen molar-refractivity contribution in [3.63, 3.8) is 0 Å². The molecule has 0 aliphatic carbocycles. The average Bonchev–Trinajstić information content (AvgIpc) is 2.77. The summed E-state index contributed by atoms with van der Waals surface area (Å²) in [6.07, 6.45) is -25.4. The molecule has 188 valence electrons. The monoisotopic (exact) mass is 476 g/mol. The minimum atomic E-state index is -3.20. The first-order chi connectivity index (χ1) is 14.8. The van der Waals surface area contributed by atoms with E-state index in [9.17, 15) is 61.3 Å². The summed E-state index contributed by atoms with van der Waals surface area (Å²) in [5.74, 6) is -3.20. The molecule has 0 aromatic carbocycles. The fraction of sp³-hybridized carbons (Fsp3) is 1.00. The molecule has 3 rings (SSSR count). The Labute approximate surface area is 179 Å². The third kappa shape index (κ3) is 3.85. The van der Waals surface area contributed by atoms with Crippen LogP contribution < -0.4 is 0 Å². The second-order valence-electron chi connectivity index (χ2n) is 7.97. The van der Waals surface area contributed by atoms with E-state index in [2.05, 4.69) is 0 Å². The predicted molar refractivity (Wildman–Crippen MR) is 91.6 cm³/mol. The van der Waals surface area contributed by atoms with Crippen LogP contribution in [0.5, 0.6) is 0 Å². The summed E-state index contributed by atoms with van der Waals surface area (Å²) in [6, 6.07) is 0. The molecule has 3 fully saturated rings. The van der Waals surface area contributed by atoms with Crippen LogP contribution in [0, 0.1) is 0 Å². The topological polar surface area (TPSA) is 280 Å². The SMILES string of the molecule is OC[C@@]1([C@@]2(O)OC[C@@H](O)[C@H](O)[C@H]2O)O[C@@H](O)[C@H](O)[C@H](O)[C@@H]1OC1OC(O)C(O)C(O)C1O. The van der Waals surface area contributed by atoms with Gasteiger partial charge in [0.05, 0.1) is 13.2 Å². The molecule has 3 aliphatic heterocycles. The summed E-state index contributed by atoms with van der Waals surface area (Å²) in [5.41, 5.74) is -2.92. The highest BCUT2D eigenvalue weighted by molar-refractivity contribution is 5.14. The Morgan fingerprint density at radius 3 is 1.94 bits per heavy atom. The standard InChI is InChI=1S/C16H28O16/c17-2-15(16(28)10(25)4(19)3(18)1-29-16)11(6(21)8(23)13(27)32-15)30-14-9(24)5(20)7(22)12(26)31-14/h3-14,17-28H,1-2H2/t3-,4+,5?,6+,7?,8-,9?,10-,11+,12?,13-,14?,15-,16+/m1/s1. The number of aliphatic hydroxyl groups is 12. The second-order valence-corrected chi connectivity index (χ2v) is 7.97. The molecule has 3 aliphatic rings. The number of hydrogen-bond donors (Lipinski definition) is 12. The molecule has 0 amide bonds. The minimum Gasteiger partial charge on any atom is -0.393 e. The maximum absolute atomic E-state index is 11.1. The first-order valence-electron chi connectivity index (χ1n) is 9.59. The summed E-state index contributed by atoms with van der Waals surface area (Å²) >= 11 is 0. The van der Waals surface area contributed by atoms with Gasteiger partial charge in [-0.15, -0.1) is 0 Å². The molecule has 5 unspecified atom stereocenters. The van der Waals surface area contributed by atoms with Gasteiger partial charge < -0.3 is 80.2 Å². The van der Waals surface area contributed by atoms with Gasteiger partial charge in [-0.2, -0.15) is 0 Å². The van der Waals surface area contributed by atoms with Crippen LogP contribution in [0.2, 0.25) is 0 Å². The van der Waals surface area contributed by atoms with Crippen molar-refractivity contribution < 1.29 is 80.2 Å². The van der Waals surface area contributed by atoms with E-state index in [-0.39, 0.29) is 0 Å². The van der Waals surface area contributed by atoms with Crippen LogP contribution in [0.15, 0.2) is 0 Å². The van der Waals surface area contributed by atoms with Gasteiger partial charge in [0.1, 0.15) is 54.9 Å². The summed E-state index contributed by atoms with van der Waals surface area (Å²) in [5, 5.41) is 121. The third-order valence-corrected chi connectivity index (χ3v) is 6.00. The summed E-state index contributed by atoms with van der Waals surface area (Å²) < 4.78 is 20.2. The van der Waals surface area contributed by atoms with Crippen LogP contribution in [0.4, 0.5) is 0 Å². The van der Waals surface area contributed by atoms with Crippen molar-refractivity contribution in [3.05, 3.63) is 0 Å². The molecule has 0 aromatic heterocycles. The molecular weight excluding hydrogens is 448 g/mol. The van der Waals surface area contributed by atoms with E-state index in [0.29, 0.717) is 0 Å². The lowest BCUT2D eigenvalue weighted by Crippen LogP contribution is -2.81. The number of hydrogen-bond acceptors (Lipinski definition) is 16. The van der Waals surface area contributed by atoms with Gasteiger partial charge in [0.15, 0.2) is 24.5 Å². The Hall–Kier alpha value is -0.640. The highest BCUT2D eigenvalue weighted by atomic mass is 16.8. The first kappa shape index (κ1) is 26.0. The van der Waals surface area contributed by atoms with Crippen LogP contribution >= 0.6 is 0 Å². The van der Waals surface area contributed by atoms with E-state index in [1.54, 1.807) is 0 Å². The molecular formula is C16H28O16. The van der Waals surface area contributed by atoms with Crippen LogP contribution in [0.3, 0.4) is 0 Å². The maximum Gasteiger partial charge on any atom is 0.230 e. The summed E-state index contributed by atoms with van der Waals surface area (Å²) in [6.45, 7) is -2.25. The van der Waals surface area contributed by atoms with Gasteiger partial charge >= 0.3 is 0 Å². The molecule has 0 radical (unpaired) electrons. The van der Waals surface area contributed by atoms with E-state index < -0.39 is 98.4 Å². The van der Waals surface area contributed by atoms with Gasteiger partial charge in [0.25, 0.3) is 0 Å². The smallest absolute Gasteiger partial charge is 0.230 e. The predicted octanol–water partition coefficient (Wildman–Crippen LogP) is -8.27. The van der Waals surface area contributed by atoms with Gasteiger partial charge in [-0.25, -0.2) is 0 Å². The lowest BCUT2D eigenvalue weighted by molar-refractivity contribution is -0.462. The Morgan fingerprint density at radius 2 is 1.34 bits per heavy atom. The van der Waals surface area contributed by atoms with E-state index in [0.717, 1.165) is 0 Å². The van der Waals surface area contributed by atoms with Crippen molar-refractivity contribution in [2.24, 2.45) is 0 Å². The van der Waals surface area contributed by atoms with Gasteiger partial charge in [-0.05, 0) is 0 Å². The fourth-order valence-corrected chi connectivity index (χ4v) is 3.99. The molecule has 0 spiro atoms.